The molecule has 0 atom stereocenters. The number of fused-ring (bicyclic) bond motifs is 1. The second-order valence-corrected chi connectivity index (χ2v) is 7.23. The molecule has 1 aliphatic rings. The lowest BCUT2D eigenvalue weighted by molar-refractivity contribution is 0.0969. The van der Waals surface area contributed by atoms with Gasteiger partial charge in [0.05, 0.1) is 18.6 Å². The number of Topliss-reactive ketones (excluding diaryl/α,β-unsaturated/α-hetero) is 1. The van der Waals surface area contributed by atoms with Gasteiger partial charge in [-0.3, -0.25) is 14.2 Å². The zero-order valence-electron chi connectivity index (χ0n) is 16.2. The van der Waals surface area contributed by atoms with Crippen molar-refractivity contribution in [2.24, 2.45) is 0 Å². The van der Waals surface area contributed by atoms with Crippen LogP contribution in [0.5, 0.6) is 0 Å². The second-order valence-electron chi connectivity index (χ2n) is 7.23. The van der Waals surface area contributed by atoms with E-state index < -0.39 is 0 Å². The van der Waals surface area contributed by atoms with Crippen molar-refractivity contribution < 1.29 is 4.79 Å². The van der Waals surface area contributed by atoms with Crippen molar-refractivity contribution in [3.63, 3.8) is 0 Å². The fourth-order valence-corrected chi connectivity index (χ4v) is 3.95. The van der Waals surface area contributed by atoms with Crippen LogP contribution in [0.4, 0.5) is 0 Å². The average molecular weight is 376 g/mol. The van der Waals surface area contributed by atoms with Crippen LogP contribution in [-0.4, -0.2) is 33.0 Å². The summed E-state index contributed by atoms with van der Waals surface area (Å²) in [5.41, 5.74) is 5.02. The molecule has 0 fully saturated rings. The first-order valence-corrected chi connectivity index (χ1v) is 9.61. The summed E-state index contributed by atoms with van der Waals surface area (Å²) in [7, 11) is 0. The van der Waals surface area contributed by atoms with Gasteiger partial charge in [-0.25, -0.2) is 4.98 Å². The summed E-state index contributed by atoms with van der Waals surface area (Å²) in [5, 5.41) is 3.28. The van der Waals surface area contributed by atoms with Crippen LogP contribution in [-0.2, 0) is 19.4 Å². The summed E-state index contributed by atoms with van der Waals surface area (Å²) in [5.74, 6) is -0.0779. The Hall–Kier alpha value is -2.99. The molecule has 0 saturated heterocycles. The molecular formula is C22H24N4O2. The van der Waals surface area contributed by atoms with E-state index in [1.165, 1.54) is 10.9 Å². The van der Waals surface area contributed by atoms with Gasteiger partial charge >= 0.3 is 0 Å². The fourth-order valence-electron chi connectivity index (χ4n) is 3.95. The minimum Gasteiger partial charge on any atom is -0.318 e. The Kier molecular flexibility index (Phi) is 4.96. The largest absolute Gasteiger partial charge is 0.318 e. The first-order chi connectivity index (χ1) is 13.6. The number of nitrogens with one attached hydrogen (secondary N) is 1. The molecule has 3 heterocycles. The number of benzene rings is 1. The molecule has 0 amide bonds. The fraction of sp³-hybridized carbons (Fsp3) is 0.318. The summed E-state index contributed by atoms with van der Waals surface area (Å²) in [6.45, 7) is 5.52. The van der Waals surface area contributed by atoms with E-state index in [1.807, 2.05) is 50.2 Å². The predicted octanol–water partition coefficient (Wildman–Crippen LogP) is 2.22. The van der Waals surface area contributed by atoms with Crippen molar-refractivity contribution in [1.82, 2.24) is 19.4 Å². The maximum absolute atomic E-state index is 13.0. The molecule has 6 nitrogen and oxygen atoms in total. The molecule has 6 heteroatoms. The molecule has 3 aromatic rings. The Labute approximate surface area is 163 Å². The van der Waals surface area contributed by atoms with E-state index in [4.69, 9.17) is 0 Å². The number of nitrogens with zero attached hydrogens (tertiary/aromatic N) is 3. The van der Waals surface area contributed by atoms with Gasteiger partial charge in [0.25, 0.3) is 5.56 Å². The van der Waals surface area contributed by atoms with Gasteiger partial charge in [-0.05, 0) is 45.0 Å². The van der Waals surface area contributed by atoms with Gasteiger partial charge in [-0.2, -0.15) is 0 Å². The molecule has 1 aliphatic heterocycles. The number of carbonyl (C=O) groups is 1. The van der Waals surface area contributed by atoms with Crippen molar-refractivity contribution in [1.29, 1.82) is 0 Å². The Balaban J connectivity index is 1.65. The van der Waals surface area contributed by atoms with Crippen LogP contribution in [0.15, 0.2) is 47.5 Å². The molecule has 1 aromatic carbocycles. The van der Waals surface area contributed by atoms with E-state index in [-0.39, 0.29) is 17.9 Å². The highest BCUT2D eigenvalue weighted by atomic mass is 16.1. The Morgan fingerprint density at radius 2 is 1.89 bits per heavy atom. The molecule has 0 bridgehead atoms. The van der Waals surface area contributed by atoms with E-state index in [0.717, 1.165) is 47.8 Å². The lowest BCUT2D eigenvalue weighted by atomic mass is 10.1. The van der Waals surface area contributed by atoms with Gasteiger partial charge in [0.1, 0.15) is 0 Å². The number of para-hydroxylation sites is 1. The van der Waals surface area contributed by atoms with Crippen LogP contribution in [0.2, 0.25) is 0 Å². The molecule has 0 unspecified atom stereocenters. The Morgan fingerprint density at radius 1 is 1.14 bits per heavy atom. The first-order valence-electron chi connectivity index (χ1n) is 9.61. The van der Waals surface area contributed by atoms with E-state index in [2.05, 4.69) is 14.9 Å². The molecule has 0 radical (unpaired) electrons. The molecular weight excluding hydrogens is 352 g/mol. The van der Waals surface area contributed by atoms with E-state index >= 15 is 0 Å². The average Bonchev–Trinajstić information content (AvgIpc) is 2.86. The molecule has 2 aromatic heterocycles. The van der Waals surface area contributed by atoms with Crippen molar-refractivity contribution >= 4 is 5.78 Å². The maximum atomic E-state index is 13.0. The smallest absolute Gasteiger partial charge is 0.257 e. The van der Waals surface area contributed by atoms with Crippen molar-refractivity contribution in [2.45, 2.75) is 33.2 Å². The highest BCUT2D eigenvalue weighted by Gasteiger charge is 2.19. The lowest BCUT2D eigenvalue weighted by Crippen LogP contribution is -2.29. The van der Waals surface area contributed by atoms with Gasteiger partial charge in [0.2, 0.25) is 0 Å². The quantitative estimate of drug-likeness (QED) is 0.709. The number of ketones is 1. The van der Waals surface area contributed by atoms with E-state index in [1.54, 1.807) is 0 Å². The maximum Gasteiger partial charge on any atom is 0.257 e. The summed E-state index contributed by atoms with van der Waals surface area (Å²) in [4.78, 5) is 30.3. The van der Waals surface area contributed by atoms with Crippen molar-refractivity contribution in [2.75, 3.05) is 13.1 Å². The summed E-state index contributed by atoms with van der Waals surface area (Å²) in [6.07, 6.45) is 2.91. The van der Waals surface area contributed by atoms with Gasteiger partial charge in [0, 0.05) is 41.2 Å². The van der Waals surface area contributed by atoms with Crippen molar-refractivity contribution in [3.8, 4) is 5.69 Å². The molecule has 1 N–H and O–H groups in total. The number of hydrogen-bond acceptors (Lipinski definition) is 4. The Morgan fingerprint density at radius 3 is 2.68 bits per heavy atom. The molecule has 144 valence electrons. The topological polar surface area (TPSA) is 68.9 Å². The van der Waals surface area contributed by atoms with Crippen LogP contribution < -0.4 is 10.9 Å². The van der Waals surface area contributed by atoms with Crippen LogP contribution in [0.25, 0.3) is 5.69 Å². The molecule has 28 heavy (non-hydrogen) atoms. The van der Waals surface area contributed by atoms with Gasteiger partial charge in [-0.1, -0.05) is 18.2 Å². The highest BCUT2D eigenvalue weighted by molar-refractivity contribution is 5.97. The normalized spacial score (nSPS) is 13.8. The van der Waals surface area contributed by atoms with Gasteiger partial charge in [-0.15, -0.1) is 0 Å². The minimum atomic E-state index is -0.0982. The third-order valence-corrected chi connectivity index (χ3v) is 5.37. The number of rotatable bonds is 4. The lowest BCUT2D eigenvalue weighted by Gasteiger charge is -2.11. The zero-order chi connectivity index (χ0) is 19.7. The number of hydrogen-bond donors (Lipinski definition) is 1. The third-order valence-electron chi connectivity index (χ3n) is 5.37. The van der Waals surface area contributed by atoms with Crippen LogP contribution >= 0.6 is 0 Å². The molecule has 4 rings (SSSR count). The summed E-state index contributed by atoms with van der Waals surface area (Å²) in [6, 6.07) is 11.9. The second kappa shape index (κ2) is 7.56. The molecule has 0 spiro atoms. The zero-order valence-corrected chi connectivity index (χ0v) is 16.2. The van der Waals surface area contributed by atoms with E-state index in [9.17, 15) is 9.59 Å². The van der Waals surface area contributed by atoms with E-state index in [0.29, 0.717) is 12.0 Å². The van der Waals surface area contributed by atoms with Gasteiger partial charge < -0.3 is 9.88 Å². The van der Waals surface area contributed by atoms with Crippen LogP contribution in [0.1, 0.15) is 33.0 Å². The third kappa shape index (κ3) is 3.31. The standard InChI is InChI=1S/C22H24N4O2/c1-15-12-19(16(2)26(15)17-6-4-3-5-7-17)21(27)13-25-14-24-20-9-11-23-10-8-18(20)22(25)28/h3-7,12,14,23H,8-11,13H2,1-2H3. The SMILES string of the molecule is Cc1cc(C(=O)Cn2cnc3c(c2=O)CCNCC3)c(C)n1-c1ccccc1. The van der Waals surface area contributed by atoms with Gasteiger partial charge in [0.15, 0.2) is 5.78 Å². The van der Waals surface area contributed by atoms with Crippen molar-refractivity contribution in [3.05, 3.63) is 81.3 Å². The number of aromatic nitrogens is 3. The minimum absolute atomic E-state index is 0.00558. The highest BCUT2D eigenvalue weighted by Crippen LogP contribution is 2.21. The summed E-state index contributed by atoms with van der Waals surface area (Å²) >= 11 is 0. The monoisotopic (exact) mass is 376 g/mol. The van der Waals surface area contributed by atoms with Crippen LogP contribution in [0.3, 0.4) is 0 Å². The first kappa shape index (κ1) is 18.4. The predicted molar refractivity (Wildman–Crippen MR) is 108 cm³/mol. The molecule has 0 saturated carbocycles. The number of aryl methyl sites for hydroxylation is 1. The number of carbonyl (C=O) groups excluding carboxylic acids is 1. The Bertz CT molecular complexity index is 1080. The summed E-state index contributed by atoms with van der Waals surface area (Å²) < 4.78 is 3.51. The molecule has 0 aliphatic carbocycles. The van der Waals surface area contributed by atoms with Crippen LogP contribution in [0, 0.1) is 13.8 Å².